The minimum absolute atomic E-state index is 0.0530. The second-order valence-electron chi connectivity index (χ2n) is 6.22. The van der Waals surface area contributed by atoms with E-state index in [0.29, 0.717) is 10.6 Å². The minimum Gasteiger partial charge on any atom is -0.333 e. The summed E-state index contributed by atoms with van der Waals surface area (Å²) in [6.07, 6.45) is 1.17. The van der Waals surface area contributed by atoms with Crippen LogP contribution in [0.4, 0.5) is 0 Å². The van der Waals surface area contributed by atoms with Crippen LogP contribution in [0.25, 0.3) is 0 Å². The van der Waals surface area contributed by atoms with Crippen LogP contribution in [-0.4, -0.2) is 43.3 Å². The highest BCUT2D eigenvalue weighted by atomic mass is 35.5. The van der Waals surface area contributed by atoms with Crippen molar-refractivity contribution in [1.29, 1.82) is 0 Å². The first-order valence-electron chi connectivity index (χ1n) is 6.67. The number of benzene rings is 1. The van der Waals surface area contributed by atoms with Crippen molar-refractivity contribution in [3.05, 3.63) is 34.3 Å². The molecular formula is C15H22ClNO3S. The number of carbonyl (C=O) groups excluding carboxylic acids is 1. The molecule has 0 aliphatic carbocycles. The van der Waals surface area contributed by atoms with Gasteiger partial charge in [0.2, 0.25) is 0 Å². The number of hydrogen-bond acceptors (Lipinski definition) is 3. The molecule has 4 nitrogen and oxygen atoms in total. The number of nitrogens with zero attached hydrogens (tertiary/aromatic N) is 1. The van der Waals surface area contributed by atoms with Gasteiger partial charge in [-0.15, -0.1) is 0 Å². The highest BCUT2D eigenvalue weighted by Gasteiger charge is 2.28. The molecule has 0 spiro atoms. The van der Waals surface area contributed by atoms with Crippen LogP contribution in [-0.2, 0) is 9.84 Å². The van der Waals surface area contributed by atoms with Gasteiger partial charge in [-0.2, -0.15) is 0 Å². The van der Waals surface area contributed by atoms with E-state index in [-0.39, 0.29) is 18.2 Å². The summed E-state index contributed by atoms with van der Waals surface area (Å²) >= 11 is 5.97. The molecule has 6 heteroatoms. The second-order valence-corrected chi connectivity index (χ2v) is 8.89. The molecule has 0 aromatic heterocycles. The van der Waals surface area contributed by atoms with Crippen molar-refractivity contribution in [3.63, 3.8) is 0 Å². The predicted molar refractivity (Wildman–Crippen MR) is 86.7 cm³/mol. The summed E-state index contributed by atoms with van der Waals surface area (Å²) in [6, 6.07) is 5.07. The lowest BCUT2D eigenvalue weighted by Gasteiger charge is -2.35. The van der Waals surface area contributed by atoms with Gasteiger partial charge in [-0.1, -0.05) is 11.6 Å². The Labute approximate surface area is 132 Å². The van der Waals surface area contributed by atoms with E-state index in [1.165, 1.54) is 6.26 Å². The van der Waals surface area contributed by atoms with E-state index in [2.05, 4.69) is 0 Å². The SMILES string of the molecule is Cc1cc(C(=O)N(CCS(C)(=O)=O)C(C)(C)C)ccc1Cl. The van der Waals surface area contributed by atoms with Gasteiger partial charge < -0.3 is 4.90 Å². The second kappa shape index (κ2) is 6.36. The quantitative estimate of drug-likeness (QED) is 0.852. The highest BCUT2D eigenvalue weighted by molar-refractivity contribution is 7.90. The van der Waals surface area contributed by atoms with E-state index in [4.69, 9.17) is 11.6 Å². The molecule has 0 radical (unpaired) electrons. The molecule has 0 heterocycles. The zero-order chi connectivity index (χ0) is 16.4. The third-order valence-electron chi connectivity index (χ3n) is 3.15. The predicted octanol–water partition coefficient (Wildman–Crippen LogP) is 2.93. The molecule has 0 unspecified atom stereocenters. The van der Waals surface area contributed by atoms with Gasteiger partial charge in [0.05, 0.1) is 5.75 Å². The van der Waals surface area contributed by atoms with Crippen LogP contribution in [0, 0.1) is 6.92 Å². The third kappa shape index (κ3) is 5.32. The van der Waals surface area contributed by atoms with Crippen LogP contribution >= 0.6 is 11.6 Å². The molecule has 118 valence electrons. The molecule has 0 N–H and O–H groups in total. The van der Waals surface area contributed by atoms with Gasteiger partial charge in [-0.25, -0.2) is 8.42 Å². The first-order chi connectivity index (χ1) is 9.42. The molecule has 1 rings (SSSR count). The number of halogens is 1. The number of rotatable bonds is 4. The zero-order valence-corrected chi connectivity index (χ0v) is 14.7. The molecule has 0 atom stereocenters. The molecule has 0 aliphatic rings. The molecule has 1 amide bonds. The van der Waals surface area contributed by atoms with Crippen molar-refractivity contribution < 1.29 is 13.2 Å². The summed E-state index contributed by atoms with van der Waals surface area (Å²) < 4.78 is 22.7. The Balaban J connectivity index is 3.08. The molecular weight excluding hydrogens is 310 g/mol. The van der Waals surface area contributed by atoms with Gasteiger partial charge in [-0.05, 0) is 51.5 Å². The average Bonchev–Trinajstić information content (AvgIpc) is 2.29. The Morgan fingerprint density at radius 1 is 1.29 bits per heavy atom. The molecule has 1 aromatic rings. The monoisotopic (exact) mass is 331 g/mol. The Bertz CT molecular complexity index is 633. The van der Waals surface area contributed by atoms with E-state index in [0.717, 1.165) is 5.56 Å². The fourth-order valence-electron chi connectivity index (χ4n) is 1.93. The van der Waals surface area contributed by atoms with Gasteiger partial charge >= 0.3 is 0 Å². The van der Waals surface area contributed by atoms with Crippen molar-refractivity contribution in [2.24, 2.45) is 0 Å². The van der Waals surface area contributed by atoms with E-state index in [1.807, 2.05) is 27.7 Å². The van der Waals surface area contributed by atoms with Crippen molar-refractivity contribution in [2.75, 3.05) is 18.6 Å². The maximum absolute atomic E-state index is 12.7. The van der Waals surface area contributed by atoms with E-state index < -0.39 is 15.4 Å². The van der Waals surface area contributed by atoms with Crippen LogP contribution in [0.5, 0.6) is 0 Å². The molecule has 0 fully saturated rings. The highest BCUT2D eigenvalue weighted by Crippen LogP contribution is 2.21. The van der Waals surface area contributed by atoms with Crippen LogP contribution in [0.15, 0.2) is 18.2 Å². The largest absolute Gasteiger partial charge is 0.333 e. The van der Waals surface area contributed by atoms with Gasteiger partial charge in [0.25, 0.3) is 5.91 Å². The maximum atomic E-state index is 12.7. The van der Waals surface area contributed by atoms with Gasteiger partial charge in [-0.3, -0.25) is 4.79 Å². The third-order valence-corrected chi connectivity index (χ3v) is 4.49. The lowest BCUT2D eigenvalue weighted by atomic mass is 10.0. The normalized spacial score (nSPS) is 12.3. The van der Waals surface area contributed by atoms with E-state index >= 15 is 0 Å². The fourth-order valence-corrected chi connectivity index (χ4v) is 2.56. The van der Waals surface area contributed by atoms with Gasteiger partial charge in [0.15, 0.2) is 0 Å². The van der Waals surface area contributed by atoms with Crippen LogP contribution in [0.2, 0.25) is 5.02 Å². The lowest BCUT2D eigenvalue weighted by molar-refractivity contribution is 0.0601. The number of hydrogen-bond donors (Lipinski definition) is 0. The summed E-state index contributed by atoms with van der Waals surface area (Å²) in [4.78, 5) is 14.2. The molecule has 21 heavy (non-hydrogen) atoms. The zero-order valence-electron chi connectivity index (χ0n) is 13.1. The molecule has 0 aliphatic heterocycles. The summed E-state index contributed by atoms with van der Waals surface area (Å²) in [7, 11) is -3.13. The number of amides is 1. The Morgan fingerprint density at radius 2 is 1.86 bits per heavy atom. The Hall–Kier alpha value is -1.07. The van der Waals surface area contributed by atoms with Crippen molar-refractivity contribution in [2.45, 2.75) is 33.2 Å². The summed E-state index contributed by atoms with van der Waals surface area (Å²) in [5.41, 5.74) is 0.870. The average molecular weight is 332 g/mol. The minimum atomic E-state index is -3.13. The summed E-state index contributed by atoms with van der Waals surface area (Å²) in [6.45, 7) is 7.65. The molecule has 0 saturated carbocycles. The smallest absolute Gasteiger partial charge is 0.254 e. The standard InChI is InChI=1S/C15H22ClNO3S/c1-11-10-12(6-7-13(11)16)14(18)17(15(2,3)4)8-9-21(5,19)20/h6-7,10H,8-9H2,1-5H3. The summed E-state index contributed by atoms with van der Waals surface area (Å²) in [5.74, 6) is -0.242. The van der Waals surface area contributed by atoms with E-state index in [1.54, 1.807) is 23.1 Å². The first-order valence-corrected chi connectivity index (χ1v) is 9.11. The van der Waals surface area contributed by atoms with Crippen molar-refractivity contribution in [1.82, 2.24) is 4.90 Å². The number of sulfone groups is 1. The van der Waals surface area contributed by atoms with Gasteiger partial charge in [0, 0.05) is 28.9 Å². The number of aryl methyl sites for hydroxylation is 1. The lowest BCUT2D eigenvalue weighted by Crippen LogP contribution is -2.47. The summed E-state index contributed by atoms with van der Waals surface area (Å²) in [5, 5.41) is 0.602. The van der Waals surface area contributed by atoms with Crippen LogP contribution < -0.4 is 0 Å². The topological polar surface area (TPSA) is 54.5 Å². The van der Waals surface area contributed by atoms with E-state index in [9.17, 15) is 13.2 Å². The number of carbonyl (C=O) groups is 1. The first kappa shape index (κ1) is 18.0. The fraction of sp³-hybridized carbons (Fsp3) is 0.533. The van der Waals surface area contributed by atoms with Crippen molar-refractivity contribution >= 4 is 27.3 Å². The Morgan fingerprint density at radius 3 is 2.29 bits per heavy atom. The van der Waals surface area contributed by atoms with Crippen molar-refractivity contribution in [3.8, 4) is 0 Å². The Kier molecular flexibility index (Phi) is 5.45. The molecule has 0 bridgehead atoms. The maximum Gasteiger partial charge on any atom is 0.254 e. The van der Waals surface area contributed by atoms with Gasteiger partial charge in [0.1, 0.15) is 9.84 Å². The molecule has 1 aromatic carbocycles. The van der Waals surface area contributed by atoms with Crippen LogP contribution in [0.3, 0.4) is 0 Å². The molecule has 0 saturated heterocycles. The van der Waals surface area contributed by atoms with Crippen LogP contribution in [0.1, 0.15) is 36.7 Å².